The zero-order chi connectivity index (χ0) is 11.1. The Balaban J connectivity index is 2.43. The van der Waals surface area contributed by atoms with Crippen LogP contribution < -0.4 is 5.73 Å². The van der Waals surface area contributed by atoms with Crippen LogP contribution >= 0.6 is 11.8 Å². The number of amidine groups is 1. The molecular weight excluding hydrogens is 206 g/mol. The van der Waals surface area contributed by atoms with Gasteiger partial charge in [0, 0.05) is 5.75 Å². The summed E-state index contributed by atoms with van der Waals surface area (Å²) in [4.78, 5) is 0. The number of benzene rings is 1. The number of nitrogens with one attached hydrogen (secondary N) is 1. The molecule has 3 nitrogen and oxygen atoms in total. The first-order valence-corrected chi connectivity index (χ1v) is 5.62. The fraction of sp³-hybridized carbons (Fsp3) is 0.273. The molecule has 0 saturated carbocycles. The Morgan fingerprint density at radius 1 is 1.33 bits per heavy atom. The number of hydrogen-bond acceptors (Lipinski definition) is 3. The van der Waals surface area contributed by atoms with E-state index in [2.05, 4.69) is 6.07 Å². The molecule has 0 fully saturated rings. The third-order valence-electron chi connectivity index (χ3n) is 1.95. The van der Waals surface area contributed by atoms with Crippen molar-refractivity contribution in [3.05, 3.63) is 35.4 Å². The lowest BCUT2D eigenvalue weighted by atomic mass is 10.1. The molecule has 3 N–H and O–H groups in total. The summed E-state index contributed by atoms with van der Waals surface area (Å²) in [7, 11) is 0. The lowest BCUT2D eigenvalue weighted by molar-refractivity contribution is 1.15. The van der Waals surface area contributed by atoms with E-state index < -0.39 is 0 Å². The number of hydrogen-bond donors (Lipinski definition) is 2. The van der Waals surface area contributed by atoms with Crippen LogP contribution in [0.2, 0.25) is 0 Å². The van der Waals surface area contributed by atoms with Crippen molar-refractivity contribution < 1.29 is 0 Å². The van der Waals surface area contributed by atoms with Crippen LogP contribution in [0.3, 0.4) is 0 Å². The number of rotatable bonds is 4. The van der Waals surface area contributed by atoms with Crippen LogP contribution in [0.4, 0.5) is 0 Å². The molecule has 15 heavy (non-hydrogen) atoms. The first kappa shape index (κ1) is 11.6. The molecule has 0 radical (unpaired) electrons. The zero-order valence-corrected chi connectivity index (χ0v) is 9.18. The molecule has 0 aliphatic heterocycles. The molecule has 0 aromatic heterocycles. The first-order chi connectivity index (χ1) is 7.22. The number of nitriles is 1. The molecule has 0 heterocycles. The molecule has 0 unspecified atom stereocenters. The summed E-state index contributed by atoms with van der Waals surface area (Å²) < 4.78 is 0. The van der Waals surface area contributed by atoms with Gasteiger partial charge in [0.2, 0.25) is 0 Å². The highest BCUT2D eigenvalue weighted by molar-refractivity contribution is 8.13. The van der Waals surface area contributed by atoms with Crippen LogP contribution in [0.5, 0.6) is 0 Å². The van der Waals surface area contributed by atoms with Crippen molar-refractivity contribution in [3.63, 3.8) is 0 Å². The molecule has 0 spiro atoms. The topological polar surface area (TPSA) is 73.7 Å². The standard InChI is InChI=1S/C11H13N3S/c12-7-5-9-1-3-10(4-2-9)6-8-15-11(13)14/h1-4H,5-6,8H2,(H3,13,14). The van der Waals surface area contributed by atoms with Gasteiger partial charge in [0.05, 0.1) is 12.5 Å². The van der Waals surface area contributed by atoms with Crippen LogP contribution in [0.25, 0.3) is 0 Å². The van der Waals surface area contributed by atoms with Gasteiger partial charge in [-0.2, -0.15) is 5.26 Å². The van der Waals surface area contributed by atoms with E-state index in [1.807, 2.05) is 24.3 Å². The zero-order valence-electron chi connectivity index (χ0n) is 8.36. The summed E-state index contributed by atoms with van der Waals surface area (Å²) in [5.74, 6) is 0.826. The third kappa shape index (κ3) is 4.52. The largest absolute Gasteiger partial charge is 0.379 e. The van der Waals surface area contributed by atoms with Crippen LogP contribution in [0, 0.1) is 16.7 Å². The Bertz CT molecular complexity index is 364. The molecule has 0 aliphatic rings. The molecule has 78 valence electrons. The summed E-state index contributed by atoms with van der Waals surface area (Å²) >= 11 is 1.35. The second-order valence-corrected chi connectivity index (χ2v) is 4.25. The second kappa shape index (κ2) is 6.10. The minimum Gasteiger partial charge on any atom is -0.379 e. The SMILES string of the molecule is N#CCc1ccc(CCSC(=N)N)cc1. The van der Waals surface area contributed by atoms with Crippen LogP contribution in [-0.4, -0.2) is 10.9 Å². The van der Waals surface area contributed by atoms with Gasteiger partial charge < -0.3 is 5.73 Å². The average molecular weight is 219 g/mol. The van der Waals surface area contributed by atoms with E-state index >= 15 is 0 Å². The molecular formula is C11H13N3S. The maximum absolute atomic E-state index is 8.50. The summed E-state index contributed by atoms with van der Waals surface area (Å²) in [6.45, 7) is 0. The van der Waals surface area contributed by atoms with Crippen molar-refractivity contribution in [3.8, 4) is 6.07 Å². The Kier molecular flexibility index (Phi) is 4.72. The van der Waals surface area contributed by atoms with Gasteiger partial charge in [-0.3, -0.25) is 5.41 Å². The predicted molar refractivity (Wildman–Crippen MR) is 63.8 cm³/mol. The fourth-order valence-corrected chi connectivity index (χ4v) is 1.75. The summed E-state index contributed by atoms with van der Waals surface area (Å²) in [6, 6.07) is 10.1. The molecule has 0 aliphatic carbocycles. The van der Waals surface area contributed by atoms with E-state index in [4.69, 9.17) is 16.4 Å². The smallest absolute Gasteiger partial charge is 0.151 e. The summed E-state index contributed by atoms with van der Waals surface area (Å²) in [5.41, 5.74) is 7.49. The van der Waals surface area contributed by atoms with Crippen molar-refractivity contribution >= 4 is 16.9 Å². The van der Waals surface area contributed by atoms with E-state index in [9.17, 15) is 0 Å². The normalized spacial score (nSPS) is 9.53. The molecule has 0 saturated heterocycles. The molecule has 1 rings (SSSR count). The highest BCUT2D eigenvalue weighted by Gasteiger charge is 1.96. The third-order valence-corrected chi connectivity index (χ3v) is 2.67. The molecule has 0 amide bonds. The first-order valence-electron chi connectivity index (χ1n) is 4.64. The Labute approximate surface area is 93.8 Å². The maximum Gasteiger partial charge on any atom is 0.151 e. The van der Waals surface area contributed by atoms with Gasteiger partial charge in [0.15, 0.2) is 5.17 Å². The minimum absolute atomic E-state index is 0.163. The van der Waals surface area contributed by atoms with Gasteiger partial charge in [-0.1, -0.05) is 36.0 Å². The average Bonchev–Trinajstić information content (AvgIpc) is 2.20. The fourth-order valence-electron chi connectivity index (χ4n) is 1.19. The van der Waals surface area contributed by atoms with Crippen molar-refractivity contribution in [2.45, 2.75) is 12.8 Å². The molecule has 1 aromatic rings. The van der Waals surface area contributed by atoms with E-state index in [0.717, 1.165) is 17.7 Å². The van der Waals surface area contributed by atoms with Gasteiger partial charge in [0.25, 0.3) is 0 Å². The number of aryl methyl sites for hydroxylation is 1. The lowest BCUT2D eigenvalue weighted by Gasteiger charge is -2.01. The number of thioether (sulfide) groups is 1. The minimum atomic E-state index is 0.163. The van der Waals surface area contributed by atoms with E-state index in [1.54, 1.807) is 0 Å². The van der Waals surface area contributed by atoms with Gasteiger partial charge in [0.1, 0.15) is 0 Å². The molecule has 4 heteroatoms. The van der Waals surface area contributed by atoms with Crippen molar-refractivity contribution in [1.82, 2.24) is 0 Å². The van der Waals surface area contributed by atoms with Gasteiger partial charge >= 0.3 is 0 Å². The molecule has 1 aromatic carbocycles. The van der Waals surface area contributed by atoms with Gasteiger partial charge in [-0.05, 0) is 17.5 Å². The van der Waals surface area contributed by atoms with E-state index in [1.165, 1.54) is 17.3 Å². The van der Waals surface area contributed by atoms with Crippen molar-refractivity contribution in [2.24, 2.45) is 5.73 Å². The Morgan fingerprint density at radius 3 is 2.47 bits per heavy atom. The van der Waals surface area contributed by atoms with Crippen molar-refractivity contribution in [2.75, 3.05) is 5.75 Å². The predicted octanol–water partition coefficient (Wildman–Crippen LogP) is 1.92. The summed E-state index contributed by atoms with van der Waals surface area (Å²) in [5, 5.41) is 15.7. The molecule has 0 atom stereocenters. The highest BCUT2D eigenvalue weighted by atomic mass is 32.2. The Hall–Kier alpha value is -1.47. The van der Waals surface area contributed by atoms with Gasteiger partial charge in [-0.25, -0.2) is 0 Å². The lowest BCUT2D eigenvalue weighted by Crippen LogP contribution is -2.05. The monoisotopic (exact) mass is 219 g/mol. The van der Waals surface area contributed by atoms with Gasteiger partial charge in [-0.15, -0.1) is 0 Å². The van der Waals surface area contributed by atoms with Crippen LogP contribution in [0.1, 0.15) is 11.1 Å². The second-order valence-electron chi connectivity index (χ2n) is 3.11. The van der Waals surface area contributed by atoms with E-state index in [0.29, 0.717) is 6.42 Å². The Morgan fingerprint density at radius 2 is 1.93 bits per heavy atom. The molecule has 0 bridgehead atoms. The highest BCUT2D eigenvalue weighted by Crippen LogP contribution is 2.08. The van der Waals surface area contributed by atoms with Crippen molar-refractivity contribution in [1.29, 1.82) is 10.7 Å². The number of nitrogens with two attached hydrogens (primary N) is 1. The van der Waals surface area contributed by atoms with Crippen LogP contribution in [-0.2, 0) is 12.8 Å². The summed E-state index contributed by atoms with van der Waals surface area (Å²) in [6.07, 6.45) is 1.36. The maximum atomic E-state index is 8.50. The van der Waals surface area contributed by atoms with Crippen LogP contribution in [0.15, 0.2) is 24.3 Å². The quantitative estimate of drug-likeness (QED) is 0.600. The van der Waals surface area contributed by atoms with E-state index in [-0.39, 0.29) is 5.17 Å². The number of nitrogens with zero attached hydrogens (tertiary/aromatic N) is 1.